The van der Waals surface area contributed by atoms with Crippen molar-refractivity contribution >= 4 is 11.5 Å². The fraction of sp³-hybridized carbons (Fsp3) is 0.214. The van der Waals surface area contributed by atoms with E-state index in [1.165, 1.54) is 0 Å². The molecule has 0 aliphatic rings. The first-order valence-corrected chi connectivity index (χ1v) is 6.19. The molecular formula is C14H15N5. The van der Waals surface area contributed by atoms with Crippen LogP contribution in [0.3, 0.4) is 0 Å². The topological polar surface area (TPSA) is 55.1 Å². The summed E-state index contributed by atoms with van der Waals surface area (Å²) in [7, 11) is 0. The number of hydrogen-bond donors (Lipinski definition) is 1. The molecule has 0 saturated carbocycles. The van der Waals surface area contributed by atoms with E-state index in [1.54, 1.807) is 6.20 Å². The average Bonchev–Trinajstić information content (AvgIpc) is 2.79. The number of hydrogen-bond acceptors (Lipinski definition) is 4. The van der Waals surface area contributed by atoms with Crippen molar-refractivity contribution in [1.82, 2.24) is 19.6 Å². The van der Waals surface area contributed by atoms with Gasteiger partial charge in [0.15, 0.2) is 5.65 Å². The molecule has 5 nitrogen and oxygen atoms in total. The van der Waals surface area contributed by atoms with E-state index in [0.29, 0.717) is 6.54 Å². The maximum atomic E-state index is 4.50. The molecular weight excluding hydrogens is 238 g/mol. The largest absolute Gasteiger partial charge is 0.366 e. The second-order valence-corrected chi connectivity index (χ2v) is 4.56. The van der Waals surface area contributed by atoms with Crippen molar-refractivity contribution in [2.24, 2.45) is 0 Å². The van der Waals surface area contributed by atoms with Crippen molar-refractivity contribution in [2.45, 2.75) is 20.4 Å². The zero-order valence-corrected chi connectivity index (χ0v) is 11.0. The lowest BCUT2D eigenvalue weighted by Crippen LogP contribution is -2.07. The summed E-state index contributed by atoms with van der Waals surface area (Å²) in [5.41, 5.74) is 4.08. The Morgan fingerprint density at radius 1 is 1.26 bits per heavy atom. The molecule has 19 heavy (non-hydrogen) atoms. The van der Waals surface area contributed by atoms with E-state index in [4.69, 9.17) is 0 Å². The van der Waals surface area contributed by atoms with E-state index in [9.17, 15) is 0 Å². The van der Waals surface area contributed by atoms with Crippen LogP contribution in [-0.2, 0) is 6.54 Å². The number of nitrogens with zero attached hydrogens (tertiary/aromatic N) is 4. The molecule has 1 N–H and O–H groups in total. The van der Waals surface area contributed by atoms with Gasteiger partial charge in [-0.05, 0) is 25.5 Å². The van der Waals surface area contributed by atoms with Gasteiger partial charge in [0.05, 0.1) is 6.20 Å². The van der Waals surface area contributed by atoms with Gasteiger partial charge in [0, 0.05) is 36.3 Å². The molecule has 0 aliphatic carbocycles. The van der Waals surface area contributed by atoms with Gasteiger partial charge >= 0.3 is 0 Å². The van der Waals surface area contributed by atoms with Gasteiger partial charge in [-0.3, -0.25) is 4.98 Å². The van der Waals surface area contributed by atoms with Crippen molar-refractivity contribution in [2.75, 3.05) is 5.32 Å². The van der Waals surface area contributed by atoms with Gasteiger partial charge in [-0.25, -0.2) is 4.98 Å². The summed E-state index contributed by atoms with van der Waals surface area (Å²) in [5.74, 6) is 0.944. The van der Waals surface area contributed by atoms with Crippen LogP contribution in [0.2, 0.25) is 0 Å². The van der Waals surface area contributed by atoms with Crippen LogP contribution in [0.25, 0.3) is 5.65 Å². The molecule has 0 aliphatic heterocycles. The van der Waals surface area contributed by atoms with Crippen LogP contribution in [-0.4, -0.2) is 19.6 Å². The maximum Gasteiger partial charge on any atom is 0.160 e. The molecule has 3 aromatic rings. The normalized spacial score (nSPS) is 10.8. The zero-order valence-electron chi connectivity index (χ0n) is 11.0. The molecule has 0 unspecified atom stereocenters. The molecule has 3 aromatic heterocycles. The number of aryl methyl sites for hydroxylation is 2. The highest BCUT2D eigenvalue weighted by Gasteiger charge is 2.07. The summed E-state index contributed by atoms with van der Waals surface area (Å²) in [6.45, 7) is 4.71. The smallest absolute Gasteiger partial charge is 0.160 e. The second kappa shape index (κ2) is 4.68. The molecule has 0 spiro atoms. The molecule has 0 atom stereocenters. The Balaban J connectivity index is 1.92. The van der Waals surface area contributed by atoms with Gasteiger partial charge < -0.3 is 5.32 Å². The summed E-state index contributed by atoms with van der Waals surface area (Å²) < 4.78 is 1.83. The minimum atomic E-state index is 0.714. The summed E-state index contributed by atoms with van der Waals surface area (Å²) >= 11 is 0. The molecule has 0 radical (unpaired) electrons. The van der Waals surface area contributed by atoms with Crippen molar-refractivity contribution in [1.29, 1.82) is 0 Å². The van der Waals surface area contributed by atoms with Crippen molar-refractivity contribution in [3.05, 3.63) is 53.6 Å². The molecule has 0 aromatic carbocycles. The van der Waals surface area contributed by atoms with Gasteiger partial charge in [0.25, 0.3) is 0 Å². The van der Waals surface area contributed by atoms with Crippen LogP contribution in [0.1, 0.15) is 16.8 Å². The molecule has 96 valence electrons. The lowest BCUT2D eigenvalue weighted by molar-refractivity contribution is 0.915. The highest BCUT2D eigenvalue weighted by molar-refractivity contribution is 5.53. The Kier molecular flexibility index (Phi) is 2.87. The van der Waals surface area contributed by atoms with Crippen molar-refractivity contribution in [3.8, 4) is 0 Å². The Hall–Kier alpha value is -2.43. The van der Waals surface area contributed by atoms with Crippen LogP contribution in [0, 0.1) is 13.8 Å². The third-order valence-corrected chi connectivity index (χ3v) is 2.97. The number of aromatic nitrogens is 4. The number of pyridine rings is 1. The Morgan fingerprint density at radius 2 is 2.16 bits per heavy atom. The summed E-state index contributed by atoms with van der Waals surface area (Å²) in [6.07, 6.45) is 5.46. The first kappa shape index (κ1) is 11.6. The van der Waals surface area contributed by atoms with Crippen LogP contribution in [0.5, 0.6) is 0 Å². The minimum Gasteiger partial charge on any atom is -0.366 e. The van der Waals surface area contributed by atoms with E-state index in [1.807, 2.05) is 49.0 Å². The van der Waals surface area contributed by atoms with Crippen molar-refractivity contribution in [3.63, 3.8) is 0 Å². The molecule has 0 bridgehead atoms. The van der Waals surface area contributed by atoms with Crippen molar-refractivity contribution < 1.29 is 0 Å². The first-order chi connectivity index (χ1) is 9.24. The minimum absolute atomic E-state index is 0.714. The van der Waals surface area contributed by atoms with E-state index in [-0.39, 0.29) is 0 Å². The predicted octanol–water partition coefficient (Wildman–Crippen LogP) is 2.35. The SMILES string of the molecule is Cc1cc(NCc2cccnc2)n2ncc(C)c2n1. The van der Waals surface area contributed by atoms with E-state index in [2.05, 4.69) is 20.4 Å². The molecule has 3 heterocycles. The van der Waals surface area contributed by atoms with Gasteiger partial charge in [-0.2, -0.15) is 9.61 Å². The molecule has 3 rings (SSSR count). The third kappa shape index (κ3) is 2.27. The summed E-state index contributed by atoms with van der Waals surface area (Å²) in [5, 5.41) is 7.73. The van der Waals surface area contributed by atoms with E-state index < -0.39 is 0 Å². The molecule has 5 heteroatoms. The Morgan fingerprint density at radius 3 is 2.95 bits per heavy atom. The maximum absolute atomic E-state index is 4.50. The molecule has 0 saturated heterocycles. The molecule has 0 fully saturated rings. The van der Waals surface area contributed by atoms with Gasteiger partial charge in [0.2, 0.25) is 0 Å². The monoisotopic (exact) mass is 253 g/mol. The number of rotatable bonds is 3. The fourth-order valence-electron chi connectivity index (χ4n) is 2.02. The highest BCUT2D eigenvalue weighted by Crippen LogP contribution is 2.15. The quantitative estimate of drug-likeness (QED) is 0.778. The standard InChI is InChI=1S/C14H15N5/c1-10-7-17-19-13(6-11(2)18-14(10)19)16-9-12-4-3-5-15-8-12/h3-8,16H,9H2,1-2H3. The van der Waals surface area contributed by atoms with E-state index >= 15 is 0 Å². The number of nitrogens with one attached hydrogen (secondary N) is 1. The van der Waals surface area contributed by atoms with E-state index in [0.717, 1.165) is 28.3 Å². The first-order valence-electron chi connectivity index (χ1n) is 6.19. The van der Waals surface area contributed by atoms with Gasteiger partial charge in [0.1, 0.15) is 5.82 Å². The lowest BCUT2D eigenvalue weighted by Gasteiger charge is -2.09. The van der Waals surface area contributed by atoms with Gasteiger partial charge in [-0.1, -0.05) is 6.07 Å². The number of fused-ring (bicyclic) bond motifs is 1. The van der Waals surface area contributed by atoms with Gasteiger partial charge in [-0.15, -0.1) is 0 Å². The Bertz CT molecular complexity index is 702. The average molecular weight is 253 g/mol. The number of anilines is 1. The fourth-order valence-corrected chi connectivity index (χ4v) is 2.02. The molecule has 0 amide bonds. The Labute approximate surface area is 111 Å². The highest BCUT2D eigenvalue weighted by atomic mass is 15.3. The second-order valence-electron chi connectivity index (χ2n) is 4.56. The van der Waals surface area contributed by atoms with Crippen LogP contribution in [0.4, 0.5) is 5.82 Å². The summed E-state index contributed by atoms with van der Waals surface area (Å²) in [6, 6.07) is 5.97. The van der Waals surface area contributed by atoms with Crippen LogP contribution in [0.15, 0.2) is 36.8 Å². The van der Waals surface area contributed by atoms with Crippen LogP contribution >= 0.6 is 0 Å². The summed E-state index contributed by atoms with van der Waals surface area (Å²) in [4.78, 5) is 8.61. The predicted molar refractivity (Wildman–Crippen MR) is 74.0 cm³/mol. The third-order valence-electron chi connectivity index (χ3n) is 2.97. The lowest BCUT2D eigenvalue weighted by atomic mass is 10.3. The zero-order chi connectivity index (χ0) is 13.2. The van der Waals surface area contributed by atoms with Crippen LogP contribution < -0.4 is 5.32 Å².